The zero-order chi connectivity index (χ0) is 37.9. The molecule has 0 saturated heterocycles. The molecule has 1 aromatic heterocycles. The Morgan fingerprint density at radius 2 is 1.02 bits per heavy atom. The maximum Gasteiger partial charge on any atom is 0.160 e. The lowest BCUT2D eigenvalue weighted by Crippen LogP contribution is -2.38. The van der Waals surface area contributed by atoms with Crippen LogP contribution in [-0.4, -0.2) is 9.97 Å². The third-order valence-electron chi connectivity index (χ3n) is 12.0. The number of hydrogen-bond donors (Lipinski definition) is 1. The minimum atomic E-state index is -0.427. The van der Waals surface area contributed by atoms with Gasteiger partial charge in [0, 0.05) is 44.0 Å². The van der Waals surface area contributed by atoms with E-state index in [1.807, 2.05) is 23.9 Å². The molecule has 1 aliphatic heterocycles. The molecule has 2 heterocycles. The van der Waals surface area contributed by atoms with Crippen LogP contribution < -0.4 is 5.73 Å². The fourth-order valence-corrected chi connectivity index (χ4v) is 10.9. The highest BCUT2D eigenvalue weighted by Gasteiger charge is 2.56. The predicted octanol–water partition coefficient (Wildman–Crippen LogP) is 13.0. The van der Waals surface area contributed by atoms with E-state index in [4.69, 9.17) is 15.7 Å². The van der Waals surface area contributed by atoms with Gasteiger partial charge in [-0.1, -0.05) is 194 Å². The number of allylic oxidation sites excluding steroid dienone is 4. The number of rotatable bonds is 5. The van der Waals surface area contributed by atoms with Gasteiger partial charge in [0.05, 0.1) is 16.8 Å². The maximum atomic E-state index is 6.22. The number of nitrogen functional groups attached to an aromatic ring is 1. The second kappa shape index (κ2) is 13.5. The largest absolute Gasteiger partial charge is 0.399 e. The SMILES string of the molecule is Nc1ccc(-c2cccc3c2Sc2c(-c4cc(-c5ccccc5)nc(-c5ccc(-c6ccccc6)cc5)n4)cccc2C32c3ccccc3C3C=CC=CC32)cc1. The smallest absolute Gasteiger partial charge is 0.160 e. The van der Waals surface area contributed by atoms with Crippen LogP contribution in [0.2, 0.25) is 0 Å². The molecule has 11 rings (SSSR count). The highest BCUT2D eigenvalue weighted by Crippen LogP contribution is 2.66. The first-order chi connectivity index (χ1) is 28.2. The molecular weight excluding hydrogens is 711 g/mol. The summed E-state index contributed by atoms with van der Waals surface area (Å²) in [6, 6.07) is 63.0. The molecule has 2 N–H and O–H groups in total. The average molecular weight is 748 g/mol. The Balaban J connectivity index is 1.16. The lowest BCUT2D eigenvalue weighted by Gasteiger charge is -2.44. The van der Waals surface area contributed by atoms with Crippen LogP contribution in [-0.2, 0) is 5.41 Å². The molecule has 4 heteroatoms. The Hall–Kier alpha value is -6.75. The molecule has 1 spiro atoms. The average Bonchev–Trinajstić information content (AvgIpc) is 3.57. The van der Waals surface area contributed by atoms with Crippen molar-refractivity contribution in [3.05, 3.63) is 222 Å². The van der Waals surface area contributed by atoms with Crippen molar-refractivity contribution in [1.29, 1.82) is 0 Å². The molecular formula is C53H37N3S. The third-order valence-corrected chi connectivity index (χ3v) is 13.3. The summed E-state index contributed by atoms with van der Waals surface area (Å²) in [5.74, 6) is 1.15. The number of aromatic nitrogens is 2. The van der Waals surface area contributed by atoms with Gasteiger partial charge in [0.25, 0.3) is 0 Å². The molecule has 0 amide bonds. The van der Waals surface area contributed by atoms with E-state index in [0.717, 1.165) is 44.9 Å². The Morgan fingerprint density at radius 1 is 0.456 bits per heavy atom. The molecule has 8 aromatic rings. The van der Waals surface area contributed by atoms with Crippen molar-refractivity contribution in [3.8, 4) is 56.2 Å². The van der Waals surface area contributed by atoms with Crippen molar-refractivity contribution in [2.75, 3.05) is 5.73 Å². The third kappa shape index (κ3) is 5.36. The Kier molecular flexibility index (Phi) is 7.94. The summed E-state index contributed by atoms with van der Waals surface area (Å²) in [7, 11) is 0. The summed E-state index contributed by atoms with van der Waals surface area (Å²) < 4.78 is 0. The second-order valence-corrected chi connectivity index (χ2v) is 16.1. The van der Waals surface area contributed by atoms with Crippen LogP contribution in [0.25, 0.3) is 56.2 Å². The van der Waals surface area contributed by atoms with Crippen LogP contribution in [0.4, 0.5) is 5.69 Å². The lowest BCUT2D eigenvalue weighted by atomic mass is 9.62. The van der Waals surface area contributed by atoms with Crippen molar-refractivity contribution < 1.29 is 0 Å². The molecule has 2 aliphatic carbocycles. The number of anilines is 1. The Morgan fingerprint density at radius 3 is 1.77 bits per heavy atom. The van der Waals surface area contributed by atoms with Gasteiger partial charge >= 0.3 is 0 Å². The molecule has 0 radical (unpaired) electrons. The number of benzene rings is 7. The van der Waals surface area contributed by atoms with E-state index in [1.165, 1.54) is 43.2 Å². The summed E-state index contributed by atoms with van der Waals surface area (Å²) in [4.78, 5) is 13.2. The summed E-state index contributed by atoms with van der Waals surface area (Å²) in [6.07, 6.45) is 9.32. The minimum Gasteiger partial charge on any atom is -0.399 e. The van der Waals surface area contributed by atoms with Gasteiger partial charge in [0.2, 0.25) is 0 Å². The monoisotopic (exact) mass is 747 g/mol. The standard InChI is InChI=1S/C53H37N3S/c54-39-31-29-36(30-32-39)40-19-11-23-46-50(40)57-51-43(20-12-24-47(51)53(46)44-21-9-7-17-41(44)42-18-8-10-22-45(42)53)49-33-48(37-15-5-2-6-16-37)55-52(56-49)38-27-25-35(26-28-38)34-13-3-1-4-14-34/h1-33,41,44H,54H2. The van der Waals surface area contributed by atoms with Gasteiger partial charge in [-0.05, 0) is 62.7 Å². The summed E-state index contributed by atoms with van der Waals surface area (Å²) in [6.45, 7) is 0. The normalized spacial score (nSPS) is 18.5. The number of fused-ring (bicyclic) bond motifs is 9. The maximum absolute atomic E-state index is 6.22. The molecule has 0 saturated carbocycles. The van der Waals surface area contributed by atoms with Crippen molar-refractivity contribution in [1.82, 2.24) is 9.97 Å². The van der Waals surface area contributed by atoms with Gasteiger partial charge in [0.1, 0.15) is 0 Å². The van der Waals surface area contributed by atoms with Crippen LogP contribution >= 0.6 is 11.8 Å². The summed E-state index contributed by atoms with van der Waals surface area (Å²) in [5, 5.41) is 0. The Bertz CT molecular complexity index is 2880. The first kappa shape index (κ1) is 33.6. The van der Waals surface area contributed by atoms with Crippen molar-refractivity contribution in [2.45, 2.75) is 21.1 Å². The highest BCUT2D eigenvalue weighted by atomic mass is 32.2. The predicted molar refractivity (Wildman–Crippen MR) is 235 cm³/mol. The van der Waals surface area contributed by atoms with E-state index in [1.54, 1.807) is 0 Å². The van der Waals surface area contributed by atoms with Crippen LogP contribution in [0, 0.1) is 5.92 Å². The number of nitrogens with two attached hydrogens (primary N) is 1. The van der Waals surface area contributed by atoms with Gasteiger partial charge in [0.15, 0.2) is 5.82 Å². The highest BCUT2D eigenvalue weighted by molar-refractivity contribution is 7.99. The first-order valence-corrected chi connectivity index (χ1v) is 20.3. The molecule has 3 nitrogen and oxygen atoms in total. The van der Waals surface area contributed by atoms with Crippen LogP contribution in [0.5, 0.6) is 0 Å². The van der Waals surface area contributed by atoms with Crippen LogP contribution in [0.1, 0.15) is 28.2 Å². The molecule has 270 valence electrons. The fraction of sp³-hybridized carbons (Fsp3) is 0.0566. The minimum absolute atomic E-state index is 0.194. The zero-order valence-electron chi connectivity index (χ0n) is 31.1. The quantitative estimate of drug-likeness (QED) is 0.178. The van der Waals surface area contributed by atoms with Gasteiger partial charge in [-0.3, -0.25) is 0 Å². The fourth-order valence-electron chi connectivity index (χ4n) is 9.46. The van der Waals surface area contributed by atoms with Crippen LogP contribution in [0.15, 0.2) is 210 Å². The summed E-state index contributed by atoms with van der Waals surface area (Å²) in [5.41, 5.74) is 21.6. The van der Waals surface area contributed by atoms with E-state index >= 15 is 0 Å². The molecule has 0 fully saturated rings. The van der Waals surface area contributed by atoms with E-state index in [9.17, 15) is 0 Å². The van der Waals surface area contributed by atoms with Crippen molar-refractivity contribution >= 4 is 17.4 Å². The lowest BCUT2D eigenvalue weighted by molar-refractivity contribution is 0.442. The summed E-state index contributed by atoms with van der Waals surface area (Å²) >= 11 is 1.87. The topological polar surface area (TPSA) is 51.8 Å². The zero-order valence-corrected chi connectivity index (χ0v) is 31.9. The van der Waals surface area contributed by atoms with E-state index < -0.39 is 5.41 Å². The van der Waals surface area contributed by atoms with Crippen LogP contribution in [0.3, 0.4) is 0 Å². The molecule has 3 aliphatic rings. The molecule has 57 heavy (non-hydrogen) atoms. The van der Waals surface area contributed by atoms with E-state index in [2.05, 4.69) is 188 Å². The second-order valence-electron chi connectivity index (χ2n) is 15.1. The van der Waals surface area contributed by atoms with Gasteiger partial charge in [-0.15, -0.1) is 0 Å². The Labute approximate surface area is 337 Å². The van der Waals surface area contributed by atoms with Gasteiger partial charge < -0.3 is 5.73 Å². The molecule has 0 bridgehead atoms. The number of nitrogens with zero attached hydrogens (tertiary/aromatic N) is 2. The molecule has 7 aromatic carbocycles. The van der Waals surface area contributed by atoms with Crippen molar-refractivity contribution in [3.63, 3.8) is 0 Å². The van der Waals surface area contributed by atoms with Gasteiger partial charge in [-0.2, -0.15) is 0 Å². The molecule has 3 atom stereocenters. The van der Waals surface area contributed by atoms with E-state index in [-0.39, 0.29) is 11.8 Å². The van der Waals surface area contributed by atoms with E-state index in [0.29, 0.717) is 5.82 Å². The van der Waals surface area contributed by atoms with Crippen molar-refractivity contribution in [2.24, 2.45) is 5.92 Å². The van der Waals surface area contributed by atoms with Gasteiger partial charge in [-0.25, -0.2) is 9.97 Å². The first-order valence-electron chi connectivity index (χ1n) is 19.5. The molecule has 3 unspecified atom stereocenters. The number of hydrogen-bond acceptors (Lipinski definition) is 4.